The Balaban J connectivity index is -0.0000000637. The molecule has 0 rings (SSSR count). The van der Waals surface area contributed by atoms with Gasteiger partial charge in [-0.2, -0.15) is 0 Å². The molecule has 0 aromatic carbocycles. The number of carboxylic acids is 3. The number of carbonyl (C=O) groups is 3. The first-order valence-corrected chi connectivity index (χ1v) is 5.36. The zero-order valence-corrected chi connectivity index (χ0v) is 19.1. The first kappa shape index (κ1) is 32.5. The number of hydrogen-bond acceptors (Lipinski definition) is 3. The molecule has 3 N–H and O–H groups in total. The van der Waals surface area contributed by atoms with Gasteiger partial charge in [0.15, 0.2) is 0 Å². The van der Waals surface area contributed by atoms with E-state index < -0.39 is 17.9 Å². The third-order valence-electron chi connectivity index (χ3n) is 1.27. The van der Waals surface area contributed by atoms with Crippen LogP contribution < -0.4 is 0 Å². The summed E-state index contributed by atoms with van der Waals surface area (Å²) in [6.07, 6.45) is 5.98. The second-order valence-corrected chi connectivity index (χ2v) is 3.39. The molecule has 0 saturated carbocycles. The Morgan fingerprint density at radius 2 is 1.09 bits per heavy atom. The molecule has 0 aliphatic heterocycles. The Kier molecular flexibility index (Phi) is 32.4. The molecule has 0 aromatic rings. The van der Waals surface area contributed by atoms with E-state index in [1.54, 1.807) is 12.2 Å². The van der Waals surface area contributed by atoms with Crippen molar-refractivity contribution in [1.29, 1.82) is 0 Å². The van der Waals surface area contributed by atoms with Crippen molar-refractivity contribution in [3.05, 3.63) is 48.6 Å². The van der Waals surface area contributed by atoms with Gasteiger partial charge >= 0.3 is 17.9 Å². The fourth-order valence-electron chi connectivity index (χ4n) is 0.249. The van der Waals surface area contributed by atoms with Crippen LogP contribution in [0.4, 0.5) is 0 Å². The van der Waals surface area contributed by atoms with Crippen LogP contribution in [0.3, 0.4) is 0 Å². The van der Waals surface area contributed by atoms with Crippen LogP contribution in [0.5, 0.6) is 0 Å². The third-order valence-corrected chi connectivity index (χ3v) is 1.27. The van der Waals surface area contributed by atoms with Gasteiger partial charge in [0.1, 0.15) is 0 Å². The molecule has 0 heterocycles. The number of allylic oxidation sites excluding steroid dienone is 3. The predicted molar refractivity (Wildman–Crippen MR) is 76.5 cm³/mol. The van der Waals surface area contributed by atoms with Crippen LogP contribution in [0.25, 0.3) is 0 Å². The number of aliphatic carboxylic acids is 3. The van der Waals surface area contributed by atoms with Crippen LogP contribution in [-0.4, -0.2) is 33.2 Å². The molecule has 6 nitrogen and oxygen atoms in total. The van der Waals surface area contributed by atoms with Crippen LogP contribution in [0.1, 0.15) is 20.8 Å². The number of rotatable bonds is 4. The Morgan fingerprint density at radius 3 is 1.23 bits per heavy atom. The van der Waals surface area contributed by atoms with Gasteiger partial charge in [0.25, 0.3) is 0 Å². The largest absolute Gasteiger partial charge is 0.478 e. The molecule has 0 aromatic heterocycles. The number of hydrogen-bond donors (Lipinski definition) is 3. The molecule has 0 fully saturated rings. The summed E-state index contributed by atoms with van der Waals surface area (Å²) < 4.78 is 0. The van der Waals surface area contributed by atoms with Crippen LogP contribution in [0.2, 0.25) is 0 Å². The molecule has 0 atom stereocenters. The zero-order chi connectivity index (χ0) is 16.7. The maximum atomic E-state index is 9.75. The summed E-state index contributed by atoms with van der Waals surface area (Å²) in [5, 5.41) is 23.8. The summed E-state index contributed by atoms with van der Waals surface area (Å²) in [4.78, 5) is 29.0. The summed E-state index contributed by atoms with van der Waals surface area (Å²) in [6, 6.07) is 0. The van der Waals surface area contributed by atoms with E-state index in [0.29, 0.717) is 0 Å². The van der Waals surface area contributed by atoms with Crippen molar-refractivity contribution in [2.45, 2.75) is 20.8 Å². The fourth-order valence-corrected chi connectivity index (χ4v) is 0.249. The van der Waals surface area contributed by atoms with E-state index in [1.165, 1.54) is 19.9 Å². The van der Waals surface area contributed by atoms with Crippen molar-refractivity contribution in [1.82, 2.24) is 0 Å². The Morgan fingerprint density at radius 1 is 0.818 bits per heavy atom. The Labute approximate surface area is 155 Å². The molecular formula is C14H20O6Zn2. The van der Waals surface area contributed by atoms with Crippen molar-refractivity contribution in [3.8, 4) is 0 Å². The SMILES string of the molecule is C/C=C/C=C/C(=O)O.C=C(C)C(=O)O.C=C(C)C(=O)O.[Zn].[Zn]. The van der Waals surface area contributed by atoms with E-state index in [0.717, 1.165) is 6.08 Å². The van der Waals surface area contributed by atoms with E-state index in [4.69, 9.17) is 15.3 Å². The molecule has 0 radical (unpaired) electrons. The molecular weight excluding hydrogens is 395 g/mol. The van der Waals surface area contributed by atoms with E-state index in [2.05, 4.69) is 13.2 Å². The predicted octanol–water partition coefficient (Wildman–Crippen LogP) is 2.49. The van der Waals surface area contributed by atoms with Gasteiger partial charge in [0, 0.05) is 56.2 Å². The van der Waals surface area contributed by atoms with Crippen LogP contribution >= 0.6 is 0 Å². The van der Waals surface area contributed by atoms with Crippen molar-refractivity contribution in [3.63, 3.8) is 0 Å². The molecule has 0 unspecified atom stereocenters. The van der Waals surface area contributed by atoms with Gasteiger partial charge in [0.05, 0.1) is 0 Å². The van der Waals surface area contributed by atoms with Gasteiger partial charge in [-0.15, -0.1) is 0 Å². The second-order valence-electron chi connectivity index (χ2n) is 3.39. The van der Waals surface area contributed by atoms with Gasteiger partial charge in [0.2, 0.25) is 0 Å². The van der Waals surface area contributed by atoms with Gasteiger partial charge in [-0.25, -0.2) is 14.4 Å². The molecule has 22 heavy (non-hydrogen) atoms. The topological polar surface area (TPSA) is 112 Å². The van der Waals surface area contributed by atoms with Gasteiger partial charge in [-0.05, 0) is 20.8 Å². The van der Waals surface area contributed by atoms with E-state index in [-0.39, 0.29) is 50.1 Å². The summed E-state index contributed by atoms with van der Waals surface area (Å²) >= 11 is 0. The van der Waals surface area contributed by atoms with Gasteiger partial charge in [-0.3, -0.25) is 0 Å². The maximum absolute atomic E-state index is 9.75. The molecule has 8 heteroatoms. The summed E-state index contributed by atoms with van der Waals surface area (Å²) in [6.45, 7) is 11.0. The van der Waals surface area contributed by atoms with E-state index in [9.17, 15) is 14.4 Å². The summed E-state index contributed by atoms with van der Waals surface area (Å²) in [5.74, 6) is -2.78. The van der Waals surface area contributed by atoms with Crippen LogP contribution in [0.15, 0.2) is 48.6 Å². The molecule has 0 spiro atoms. The summed E-state index contributed by atoms with van der Waals surface area (Å²) in [5.41, 5.74) is 0.352. The first-order chi connectivity index (χ1) is 9.06. The van der Waals surface area contributed by atoms with Crippen molar-refractivity contribution < 1.29 is 68.7 Å². The average Bonchev–Trinajstić information content (AvgIpc) is 2.30. The maximum Gasteiger partial charge on any atom is 0.330 e. The quantitative estimate of drug-likeness (QED) is 0.370. The normalized spacial score (nSPS) is 8.14. The van der Waals surface area contributed by atoms with Crippen molar-refractivity contribution >= 4 is 17.9 Å². The Bertz CT molecular complexity index is 377. The fraction of sp³-hybridized carbons (Fsp3) is 0.214. The molecule has 116 valence electrons. The minimum atomic E-state index is -0.935. The summed E-state index contributed by atoms with van der Waals surface area (Å²) in [7, 11) is 0. The zero-order valence-electron chi connectivity index (χ0n) is 13.2. The molecule has 0 aliphatic carbocycles. The van der Waals surface area contributed by atoms with E-state index >= 15 is 0 Å². The minimum absolute atomic E-state index is 0. The van der Waals surface area contributed by atoms with Gasteiger partial charge < -0.3 is 15.3 Å². The standard InChI is InChI=1S/C6H8O2.2C4H6O2.2Zn/c1-2-3-4-5-6(7)8;2*1-3(2)4(5)6;;/h2-5H,1H3,(H,7,8);2*1H2,2H3,(H,5,6);;/b3-2+,5-4+;;;;. The number of carboxylic acid groups (broad SMARTS) is 3. The van der Waals surface area contributed by atoms with Gasteiger partial charge in [-0.1, -0.05) is 31.4 Å². The van der Waals surface area contributed by atoms with Crippen LogP contribution in [0, 0.1) is 0 Å². The molecule has 0 bridgehead atoms. The molecule has 0 saturated heterocycles. The monoisotopic (exact) mass is 412 g/mol. The first-order valence-electron chi connectivity index (χ1n) is 5.36. The van der Waals surface area contributed by atoms with E-state index in [1.807, 2.05) is 6.92 Å². The van der Waals surface area contributed by atoms with Crippen molar-refractivity contribution in [2.75, 3.05) is 0 Å². The Hall–Kier alpha value is -1.38. The third kappa shape index (κ3) is 42.8. The average molecular weight is 415 g/mol. The molecule has 0 aliphatic rings. The smallest absolute Gasteiger partial charge is 0.330 e. The molecule has 0 amide bonds. The van der Waals surface area contributed by atoms with Crippen molar-refractivity contribution in [2.24, 2.45) is 0 Å². The second kappa shape index (κ2) is 21.9. The van der Waals surface area contributed by atoms with Crippen LogP contribution in [-0.2, 0) is 53.3 Å². The minimum Gasteiger partial charge on any atom is -0.478 e.